The molecule has 1 spiro atoms. The predicted molar refractivity (Wildman–Crippen MR) is 270 cm³/mol. The minimum Gasteiger partial charge on any atom is -0.310 e. The second kappa shape index (κ2) is 15.6. The predicted octanol–water partition coefficient (Wildman–Crippen LogP) is 15.9. The van der Waals surface area contributed by atoms with Gasteiger partial charge in [-0.05, 0) is 104 Å². The molecule has 0 bridgehead atoms. The highest BCUT2D eigenvalue weighted by atomic mass is 15.5. The van der Waals surface area contributed by atoms with Gasteiger partial charge in [-0.15, -0.1) is 0 Å². The van der Waals surface area contributed by atoms with E-state index in [1.807, 2.05) is 12.4 Å². The molecule has 0 fully saturated rings. The molecule has 11 rings (SSSR count). The van der Waals surface area contributed by atoms with Gasteiger partial charge < -0.3 is 4.90 Å². The normalized spacial score (nSPS) is 14.7. The third-order valence-corrected chi connectivity index (χ3v) is 14.1. The molecule has 5 nitrogen and oxygen atoms in total. The molecule has 2 aliphatic heterocycles. The smallest absolute Gasteiger partial charge is 0.199 e. The van der Waals surface area contributed by atoms with E-state index in [2.05, 4.69) is 228 Å². The lowest BCUT2D eigenvalue weighted by atomic mass is 9.64. The first-order chi connectivity index (χ1) is 31.6. The first-order valence-electron chi connectivity index (χ1n) is 23.5. The average molecular weight is 847 g/mol. The van der Waals surface area contributed by atoms with E-state index in [-0.39, 0.29) is 23.7 Å². The van der Waals surface area contributed by atoms with E-state index in [4.69, 9.17) is 9.97 Å². The van der Waals surface area contributed by atoms with E-state index in [0.29, 0.717) is 0 Å². The van der Waals surface area contributed by atoms with Crippen LogP contribution in [0.15, 0.2) is 170 Å². The highest BCUT2D eigenvalue weighted by Gasteiger charge is 2.52. The molecule has 1 radical (unpaired) electrons. The number of aromatic nitrogens is 2. The summed E-state index contributed by atoms with van der Waals surface area (Å²) in [5, 5.41) is 0. The summed E-state index contributed by atoms with van der Waals surface area (Å²) in [6, 6.07) is 59.1. The zero-order valence-corrected chi connectivity index (χ0v) is 38.7. The molecule has 0 saturated carbocycles. The van der Waals surface area contributed by atoms with E-state index in [1.54, 1.807) is 0 Å². The summed E-state index contributed by atoms with van der Waals surface area (Å²) in [4.78, 5) is 17.8. The molecule has 0 saturated heterocycles. The Labute approximate surface area is 385 Å². The van der Waals surface area contributed by atoms with Crippen LogP contribution >= 0.6 is 0 Å². The molecule has 321 valence electrons. The van der Waals surface area contributed by atoms with Crippen molar-refractivity contribution in [3.05, 3.63) is 226 Å². The first-order valence-corrected chi connectivity index (χ1v) is 23.5. The van der Waals surface area contributed by atoms with Gasteiger partial charge in [0.15, 0.2) is 17.8 Å². The fraction of sp³-hybridized carbons (Fsp3) is 0.217. The van der Waals surface area contributed by atoms with Crippen LogP contribution in [-0.4, -0.2) is 9.97 Å². The number of anilines is 7. The van der Waals surface area contributed by atoms with Gasteiger partial charge in [-0.25, -0.2) is 9.97 Å². The van der Waals surface area contributed by atoms with Gasteiger partial charge in [-0.2, -0.15) is 0 Å². The van der Waals surface area contributed by atoms with E-state index in [0.717, 1.165) is 29.1 Å². The van der Waals surface area contributed by atoms with Crippen LogP contribution in [0.1, 0.15) is 129 Å². The minimum atomic E-state index is -0.459. The van der Waals surface area contributed by atoms with Crippen molar-refractivity contribution < 1.29 is 0 Å². The summed E-state index contributed by atoms with van der Waals surface area (Å²) in [6.07, 6.45) is 4.74. The number of benzene rings is 7. The highest BCUT2D eigenvalue weighted by molar-refractivity contribution is 5.97. The summed E-state index contributed by atoms with van der Waals surface area (Å²) in [6.45, 7) is 18.4. The topological polar surface area (TPSA) is 35.5 Å². The maximum Gasteiger partial charge on any atom is 0.199 e. The van der Waals surface area contributed by atoms with Gasteiger partial charge in [0, 0.05) is 23.6 Å². The first kappa shape index (κ1) is 40.8. The van der Waals surface area contributed by atoms with Crippen molar-refractivity contribution in [3.63, 3.8) is 0 Å². The standard InChI is InChI=1S/C60H56N5/c1-37(2)43-21-17-22-44(38(3)4)55(43)64-57-58(62-36-35-61-57)65(56-45(39(5)6)23-18-24-46(56)40(7)8)59(64)41-31-33-42(34-32-41)63-53-29-15-13-27-51(53)60(52-28-14-16-30-54(52)63)49-25-11-9-19-47(49)48-20-10-12-26-50(48)60/h9-40H,1-8H3. The van der Waals surface area contributed by atoms with Crippen molar-refractivity contribution in [2.24, 2.45) is 0 Å². The van der Waals surface area contributed by atoms with Crippen molar-refractivity contribution in [1.29, 1.82) is 0 Å². The number of para-hydroxylation sites is 4. The maximum atomic E-state index is 5.22. The van der Waals surface area contributed by atoms with Gasteiger partial charge in [-0.3, -0.25) is 9.80 Å². The Hall–Kier alpha value is -6.98. The van der Waals surface area contributed by atoms with E-state index in [9.17, 15) is 0 Å². The molecule has 8 aromatic rings. The van der Waals surface area contributed by atoms with Crippen molar-refractivity contribution in [2.75, 3.05) is 14.7 Å². The molecule has 0 unspecified atom stereocenters. The Morgan fingerprint density at radius 3 is 1.14 bits per heavy atom. The molecule has 1 aromatic heterocycles. The van der Waals surface area contributed by atoms with Crippen LogP contribution in [0.5, 0.6) is 0 Å². The van der Waals surface area contributed by atoms with Gasteiger partial charge in [0.05, 0.1) is 28.2 Å². The second-order valence-corrected chi connectivity index (χ2v) is 19.1. The van der Waals surface area contributed by atoms with Crippen LogP contribution in [0.2, 0.25) is 0 Å². The van der Waals surface area contributed by atoms with E-state index >= 15 is 0 Å². The van der Waals surface area contributed by atoms with Crippen LogP contribution < -0.4 is 14.7 Å². The van der Waals surface area contributed by atoms with Gasteiger partial charge >= 0.3 is 0 Å². The number of hydrogen-bond acceptors (Lipinski definition) is 5. The van der Waals surface area contributed by atoms with Crippen LogP contribution in [0, 0.1) is 6.17 Å². The zero-order valence-electron chi connectivity index (χ0n) is 38.7. The minimum absolute atomic E-state index is 0.275. The molecular weight excluding hydrogens is 791 g/mol. The van der Waals surface area contributed by atoms with Crippen LogP contribution in [0.4, 0.5) is 40.1 Å². The van der Waals surface area contributed by atoms with Gasteiger partial charge in [0.25, 0.3) is 0 Å². The summed E-state index contributed by atoms with van der Waals surface area (Å²) in [7, 11) is 0. The fourth-order valence-electron chi connectivity index (χ4n) is 11.3. The van der Waals surface area contributed by atoms with Crippen LogP contribution in [0.25, 0.3) is 11.1 Å². The number of hydrogen-bond donors (Lipinski definition) is 0. The quantitative estimate of drug-likeness (QED) is 0.152. The zero-order chi connectivity index (χ0) is 44.7. The largest absolute Gasteiger partial charge is 0.310 e. The van der Waals surface area contributed by atoms with Crippen LogP contribution in [-0.2, 0) is 5.41 Å². The van der Waals surface area contributed by atoms with E-state index < -0.39 is 5.41 Å². The number of fused-ring (bicyclic) bond motifs is 10. The molecule has 0 atom stereocenters. The van der Waals surface area contributed by atoms with Crippen molar-refractivity contribution in [3.8, 4) is 11.1 Å². The molecule has 1 aliphatic carbocycles. The molecule has 7 aromatic carbocycles. The van der Waals surface area contributed by atoms with Crippen molar-refractivity contribution >= 4 is 40.1 Å². The molecule has 0 N–H and O–H groups in total. The van der Waals surface area contributed by atoms with Crippen molar-refractivity contribution in [1.82, 2.24) is 9.97 Å². The summed E-state index contributed by atoms with van der Waals surface area (Å²) >= 11 is 0. The van der Waals surface area contributed by atoms with E-state index in [1.165, 1.54) is 78.4 Å². The second-order valence-electron chi connectivity index (χ2n) is 19.1. The highest BCUT2D eigenvalue weighted by Crippen LogP contribution is 2.63. The third kappa shape index (κ3) is 5.97. The number of nitrogens with zero attached hydrogens (tertiary/aromatic N) is 5. The van der Waals surface area contributed by atoms with Crippen LogP contribution in [0.3, 0.4) is 0 Å². The van der Waals surface area contributed by atoms with Gasteiger partial charge in [0.1, 0.15) is 0 Å². The Balaban J connectivity index is 1.14. The number of rotatable bonds is 8. The molecule has 5 heteroatoms. The Kier molecular flexibility index (Phi) is 9.80. The van der Waals surface area contributed by atoms with Gasteiger partial charge in [-0.1, -0.05) is 189 Å². The fourth-order valence-corrected chi connectivity index (χ4v) is 11.3. The lowest BCUT2D eigenvalue weighted by molar-refractivity contribution is 0.752. The SMILES string of the molecule is CC(C)c1cccc(C(C)C)c1N1[C](c2ccc(N3c4ccccc4C4(c5ccccc5-c5ccccc54)c4ccccc43)cc2)N(c2c(C(C)C)cccc2C(C)C)c2nccnc21. The Morgan fingerprint density at radius 1 is 0.369 bits per heavy atom. The molecule has 65 heavy (non-hydrogen) atoms. The average Bonchev–Trinajstić information content (AvgIpc) is 3.82. The maximum absolute atomic E-state index is 5.22. The molecule has 3 aliphatic rings. The third-order valence-electron chi connectivity index (χ3n) is 14.1. The Bertz CT molecular complexity index is 2870. The lowest BCUT2D eigenvalue weighted by Gasteiger charge is -2.45. The summed E-state index contributed by atoms with van der Waals surface area (Å²) in [5.74, 6) is 2.79. The molecule has 0 amide bonds. The molecular formula is C60H56N5. The Morgan fingerprint density at radius 2 is 0.738 bits per heavy atom. The summed E-state index contributed by atoms with van der Waals surface area (Å²) in [5.41, 5.74) is 19.5. The van der Waals surface area contributed by atoms with Gasteiger partial charge in [0.2, 0.25) is 0 Å². The monoisotopic (exact) mass is 846 g/mol. The summed E-state index contributed by atoms with van der Waals surface area (Å²) < 4.78 is 0. The molecule has 3 heterocycles. The van der Waals surface area contributed by atoms with Crippen molar-refractivity contribution in [2.45, 2.75) is 84.5 Å². The lowest BCUT2D eigenvalue weighted by Crippen LogP contribution is -2.36.